The van der Waals surface area contributed by atoms with Crippen LogP contribution in [0.5, 0.6) is 0 Å². The molecule has 0 aliphatic heterocycles. The first-order chi connectivity index (χ1) is 20.5. The van der Waals surface area contributed by atoms with E-state index in [1.807, 2.05) is 0 Å². The third-order valence-electron chi connectivity index (χ3n) is 7.49. The zero-order valence-corrected chi connectivity index (χ0v) is 26.7. The molecule has 1 aliphatic rings. The van der Waals surface area contributed by atoms with Crippen LogP contribution in [0.2, 0.25) is 15.1 Å². The molecule has 0 bridgehead atoms. The van der Waals surface area contributed by atoms with Crippen LogP contribution in [0.25, 0.3) is 0 Å². The van der Waals surface area contributed by atoms with Gasteiger partial charge in [-0.25, -0.2) is 12.8 Å². The molecule has 0 aromatic heterocycles. The Labute approximate surface area is 267 Å². The van der Waals surface area contributed by atoms with E-state index in [9.17, 15) is 22.4 Å². The molecule has 230 valence electrons. The van der Waals surface area contributed by atoms with Crippen molar-refractivity contribution in [2.24, 2.45) is 0 Å². The topological polar surface area (TPSA) is 86.8 Å². The summed E-state index contributed by atoms with van der Waals surface area (Å²) in [7, 11) is -4.31. The highest BCUT2D eigenvalue weighted by atomic mass is 35.5. The van der Waals surface area contributed by atoms with Gasteiger partial charge in [-0.2, -0.15) is 0 Å². The largest absolute Gasteiger partial charge is 0.352 e. The molecule has 7 nitrogen and oxygen atoms in total. The summed E-state index contributed by atoms with van der Waals surface area (Å²) in [5.41, 5.74) is 0.526. The van der Waals surface area contributed by atoms with E-state index in [4.69, 9.17) is 34.8 Å². The molecule has 0 spiro atoms. The van der Waals surface area contributed by atoms with Crippen molar-refractivity contribution in [1.29, 1.82) is 0 Å². The Balaban J connectivity index is 1.73. The molecule has 43 heavy (non-hydrogen) atoms. The van der Waals surface area contributed by atoms with Gasteiger partial charge in [-0.1, -0.05) is 85.3 Å². The number of nitrogens with one attached hydrogen (secondary N) is 1. The lowest BCUT2D eigenvalue weighted by Gasteiger charge is -2.34. The van der Waals surface area contributed by atoms with Crippen molar-refractivity contribution in [3.05, 3.63) is 93.2 Å². The fraction of sp³-hybridized carbons (Fsp3) is 0.355. The minimum Gasteiger partial charge on any atom is -0.352 e. The third-order valence-corrected chi connectivity index (χ3v) is 10.2. The van der Waals surface area contributed by atoms with E-state index < -0.39 is 34.3 Å². The summed E-state index contributed by atoms with van der Waals surface area (Å²) in [6.07, 6.45) is 5.11. The monoisotopic (exact) mass is 667 g/mol. The third kappa shape index (κ3) is 8.20. The molecule has 0 unspecified atom stereocenters. The smallest absolute Gasteiger partial charge is 0.264 e. The van der Waals surface area contributed by atoms with Gasteiger partial charge in [0, 0.05) is 22.6 Å². The summed E-state index contributed by atoms with van der Waals surface area (Å²) < 4.78 is 42.7. The number of carbonyl (C=O) groups excluding carboxylic acids is 2. The number of amides is 2. The van der Waals surface area contributed by atoms with Crippen molar-refractivity contribution in [2.45, 2.75) is 69.0 Å². The van der Waals surface area contributed by atoms with Gasteiger partial charge in [-0.05, 0) is 67.3 Å². The zero-order chi connectivity index (χ0) is 31.1. The van der Waals surface area contributed by atoms with E-state index in [0.717, 1.165) is 48.5 Å². The number of benzene rings is 3. The van der Waals surface area contributed by atoms with Crippen LogP contribution >= 0.6 is 34.8 Å². The summed E-state index contributed by atoms with van der Waals surface area (Å²) in [6, 6.07) is 14.9. The molecule has 2 amide bonds. The molecule has 4 rings (SSSR count). The molecule has 1 fully saturated rings. The van der Waals surface area contributed by atoms with E-state index in [1.165, 1.54) is 29.2 Å². The first kappa shape index (κ1) is 33.1. The van der Waals surface area contributed by atoms with Gasteiger partial charge in [-0.15, -0.1) is 0 Å². The van der Waals surface area contributed by atoms with Gasteiger partial charge >= 0.3 is 0 Å². The van der Waals surface area contributed by atoms with Gasteiger partial charge in [0.25, 0.3) is 10.0 Å². The van der Waals surface area contributed by atoms with Gasteiger partial charge in [-0.3, -0.25) is 13.9 Å². The average molecular weight is 669 g/mol. The first-order valence-electron chi connectivity index (χ1n) is 14.1. The van der Waals surface area contributed by atoms with Crippen LogP contribution in [-0.4, -0.2) is 43.8 Å². The maximum atomic E-state index is 14.2. The Morgan fingerprint density at radius 3 is 2.28 bits per heavy atom. The molecule has 0 heterocycles. The van der Waals surface area contributed by atoms with Crippen molar-refractivity contribution >= 4 is 62.3 Å². The highest BCUT2D eigenvalue weighted by Crippen LogP contribution is 2.29. The van der Waals surface area contributed by atoms with Gasteiger partial charge in [0.15, 0.2) is 0 Å². The number of rotatable bonds is 11. The number of halogens is 4. The maximum Gasteiger partial charge on any atom is 0.264 e. The lowest BCUT2D eigenvalue weighted by molar-refractivity contribution is -0.140. The fourth-order valence-corrected chi connectivity index (χ4v) is 7.26. The van der Waals surface area contributed by atoms with E-state index in [2.05, 4.69) is 5.32 Å². The van der Waals surface area contributed by atoms with Gasteiger partial charge < -0.3 is 10.2 Å². The molecule has 3 aromatic carbocycles. The van der Waals surface area contributed by atoms with Crippen molar-refractivity contribution in [3.63, 3.8) is 0 Å². The molecule has 12 heteroatoms. The van der Waals surface area contributed by atoms with Crippen LogP contribution in [0.3, 0.4) is 0 Å². The Hall–Kier alpha value is -2.85. The minimum atomic E-state index is -4.31. The van der Waals surface area contributed by atoms with E-state index >= 15 is 0 Å². The average Bonchev–Trinajstić information content (AvgIpc) is 2.99. The Kier molecular flexibility index (Phi) is 11.3. The van der Waals surface area contributed by atoms with Crippen LogP contribution in [-0.2, 0) is 26.2 Å². The van der Waals surface area contributed by atoms with Crippen molar-refractivity contribution in [3.8, 4) is 0 Å². The summed E-state index contributed by atoms with van der Waals surface area (Å²) in [5.74, 6) is -1.72. The predicted molar refractivity (Wildman–Crippen MR) is 168 cm³/mol. The van der Waals surface area contributed by atoms with Crippen molar-refractivity contribution in [1.82, 2.24) is 10.2 Å². The van der Waals surface area contributed by atoms with E-state index in [1.54, 1.807) is 37.3 Å². The van der Waals surface area contributed by atoms with Gasteiger partial charge in [0.2, 0.25) is 11.8 Å². The number of hydrogen-bond donors (Lipinski definition) is 1. The molecule has 1 N–H and O–H groups in total. The molecule has 3 aromatic rings. The number of sulfonamides is 1. The summed E-state index contributed by atoms with van der Waals surface area (Å²) in [5, 5.41) is 3.49. The number of carbonyl (C=O) groups is 2. The lowest BCUT2D eigenvalue weighted by atomic mass is 9.95. The second kappa shape index (κ2) is 14.8. The quantitative estimate of drug-likeness (QED) is 0.234. The molecule has 0 radical (unpaired) electrons. The minimum absolute atomic E-state index is 0.00249. The lowest BCUT2D eigenvalue weighted by Crippen LogP contribution is -2.54. The van der Waals surface area contributed by atoms with Crippen LogP contribution in [0.4, 0.5) is 10.1 Å². The second-order valence-corrected chi connectivity index (χ2v) is 13.6. The highest BCUT2D eigenvalue weighted by molar-refractivity contribution is 7.92. The van der Waals surface area contributed by atoms with Crippen LogP contribution in [0.1, 0.15) is 51.0 Å². The van der Waals surface area contributed by atoms with Gasteiger partial charge in [0.1, 0.15) is 18.4 Å². The standard InChI is InChI=1S/C31H33Cl3FN3O4S/c1-2-29(31(40)36-23-9-5-3-6-10-23)37(19-21-13-14-22(32)17-26(21)33)30(39)20-38(24-15-16-28(35)27(34)18-24)43(41,42)25-11-7-4-8-12-25/h4,7-8,11-18,23,29H,2-3,5-6,9-10,19-20H2,1H3,(H,36,40)/t29-/m1/s1. The SMILES string of the molecule is CC[C@H](C(=O)NC1CCCCC1)N(Cc1ccc(Cl)cc1Cl)C(=O)CN(c1ccc(F)c(Cl)c1)S(=O)(=O)c1ccccc1. The summed E-state index contributed by atoms with van der Waals surface area (Å²) in [4.78, 5) is 29.1. The Bertz CT molecular complexity index is 1550. The number of nitrogens with zero attached hydrogens (tertiary/aromatic N) is 2. The van der Waals surface area contributed by atoms with Crippen LogP contribution in [0.15, 0.2) is 71.6 Å². The van der Waals surface area contributed by atoms with Crippen LogP contribution in [0, 0.1) is 5.82 Å². The molecule has 1 saturated carbocycles. The van der Waals surface area contributed by atoms with Crippen LogP contribution < -0.4 is 9.62 Å². The van der Waals surface area contributed by atoms with E-state index in [-0.39, 0.29) is 40.5 Å². The predicted octanol–water partition coefficient (Wildman–Crippen LogP) is 7.24. The number of anilines is 1. The molecular weight excluding hydrogens is 636 g/mol. The molecule has 1 aliphatic carbocycles. The van der Waals surface area contributed by atoms with Gasteiger partial charge in [0.05, 0.1) is 15.6 Å². The molecule has 1 atom stereocenters. The van der Waals surface area contributed by atoms with E-state index in [0.29, 0.717) is 15.6 Å². The molecular formula is C31H33Cl3FN3O4S. The van der Waals surface area contributed by atoms with Crippen molar-refractivity contribution in [2.75, 3.05) is 10.8 Å². The normalized spacial score (nSPS) is 14.6. The summed E-state index contributed by atoms with van der Waals surface area (Å²) in [6.45, 7) is 1.03. The highest BCUT2D eigenvalue weighted by Gasteiger charge is 2.35. The Morgan fingerprint density at radius 2 is 1.65 bits per heavy atom. The maximum absolute atomic E-state index is 14.2. The zero-order valence-electron chi connectivity index (χ0n) is 23.6. The summed E-state index contributed by atoms with van der Waals surface area (Å²) >= 11 is 18.6. The fourth-order valence-electron chi connectivity index (χ4n) is 5.19. The number of hydrogen-bond acceptors (Lipinski definition) is 4. The second-order valence-electron chi connectivity index (χ2n) is 10.4. The van der Waals surface area contributed by atoms with Crippen molar-refractivity contribution < 1.29 is 22.4 Å². The Morgan fingerprint density at radius 1 is 0.953 bits per heavy atom. The molecule has 0 saturated heterocycles. The first-order valence-corrected chi connectivity index (χ1v) is 16.6.